The first-order valence-electron chi connectivity index (χ1n) is 8.46. The van der Waals surface area contributed by atoms with Gasteiger partial charge in [0.1, 0.15) is 12.2 Å². The minimum absolute atomic E-state index is 0.120. The zero-order chi connectivity index (χ0) is 17.6. The normalized spacial score (nSPS) is 38.3. The Bertz CT molecular complexity index is 778. The van der Waals surface area contributed by atoms with Crippen molar-refractivity contribution in [2.45, 2.75) is 42.9 Å². The molecule has 1 aromatic carbocycles. The molecule has 0 saturated carbocycles. The molecule has 134 valence electrons. The van der Waals surface area contributed by atoms with E-state index >= 15 is 0 Å². The number of halogens is 3. The zero-order valence-corrected chi connectivity index (χ0v) is 13.6. The number of benzene rings is 1. The first kappa shape index (κ1) is 15.5. The molecule has 5 atom stereocenters. The summed E-state index contributed by atoms with van der Waals surface area (Å²) in [7, 11) is 2.08. The fourth-order valence-electron chi connectivity index (χ4n) is 5.43. The smallest absolute Gasteiger partial charge is 0.482 e. The van der Waals surface area contributed by atoms with E-state index in [0.717, 1.165) is 30.5 Å². The van der Waals surface area contributed by atoms with Gasteiger partial charge < -0.3 is 19.5 Å². The van der Waals surface area contributed by atoms with E-state index in [0.29, 0.717) is 0 Å². The molecule has 0 aromatic heterocycles. The minimum atomic E-state index is -4.78. The second-order valence-electron chi connectivity index (χ2n) is 7.46. The number of likely N-dealkylation sites (tertiary alicyclic amines) is 1. The van der Waals surface area contributed by atoms with Gasteiger partial charge >= 0.3 is 6.36 Å². The number of likely N-dealkylation sites (N-methyl/N-ethyl adjacent to an activating group) is 1. The van der Waals surface area contributed by atoms with E-state index in [1.807, 2.05) is 6.08 Å². The van der Waals surface area contributed by atoms with Crippen LogP contribution in [0.3, 0.4) is 0 Å². The Morgan fingerprint density at radius 3 is 2.88 bits per heavy atom. The van der Waals surface area contributed by atoms with Crippen LogP contribution in [-0.4, -0.2) is 48.2 Å². The molecule has 1 fully saturated rings. The number of aliphatic hydroxyl groups excluding tert-OH is 1. The number of ether oxygens (including phenoxy) is 2. The number of hydrogen-bond acceptors (Lipinski definition) is 4. The molecule has 7 heteroatoms. The molecule has 2 aliphatic heterocycles. The Balaban J connectivity index is 1.73. The Labute approximate surface area is 142 Å². The summed E-state index contributed by atoms with van der Waals surface area (Å²) in [5.74, 6) is -0.0246. The van der Waals surface area contributed by atoms with Crippen LogP contribution in [0.4, 0.5) is 13.2 Å². The molecule has 1 spiro atoms. The Kier molecular flexibility index (Phi) is 2.92. The van der Waals surface area contributed by atoms with Crippen molar-refractivity contribution in [2.75, 3.05) is 13.6 Å². The lowest BCUT2D eigenvalue weighted by Gasteiger charge is -2.56. The second kappa shape index (κ2) is 4.71. The van der Waals surface area contributed by atoms with Crippen LogP contribution in [0.5, 0.6) is 11.5 Å². The largest absolute Gasteiger partial charge is 0.573 e. The quantitative estimate of drug-likeness (QED) is 0.788. The van der Waals surface area contributed by atoms with Crippen LogP contribution >= 0.6 is 0 Å². The lowest BCUT2D eigenvalue weighted by Crippen LogP contribution is -2.64. The highest BCUT2D eigenvalue weighted by atomic mass is 19.4. The monoisotopic (exact) mass is 353 g/mol. The Hall–Kier alpha value is -1.73. The van der Waals surface area contributed by atoms with Gasteiger partial charge in [-0.25, -0.2) is 0 Å². The first-order chi connectivity index (χ1) is 11.8. The fraction of sp³-hybridized carbons (Fsp3) is 0.556. The van der Waals surface area contributed by atoms with E-state index in [4.69, 9.17) is 4.74 Å². The van der Waals surface area contributed by atoms with E-state index in [9.17, 15) is 18.3 Å². The first-order valence-corrected chi connectivity index (χ1v) is 8.46. The van der Waals surface area contributed by atoms with Gasteiger partial charge in [-0.2, -0.15) is 0 Å². The molecule has 4 aliphatic rings. The lowest BCUT2D eigenvalue weighted by atomic mass is 9.53. The van der Waals surface area contributed by atoms with Gasteiger partial charge in [-0.15, -0.1) is 13.2 Å². The molecule has 4 nitrogen and oxygen atoms in total. The van der Waals surface area contributed by atoms with Crippen LogP contribution in [0.25, 0.3) is 0 Å². The van der Waals surface area contributed by atoms with Crippen molar-refractivity contribution < 1.29 is 27.8 Å². The third-order valence-electron chi connectivity index (χ3n) is 6.36. The molecular formula is C18H18F3NO3. The van der Waals surface area contributed by atoms with E-state index in [2.05, 4.69) is 16.7 Å². The molecule has 1 aromatic rings. The average Bonchev–Trinajstić information content (AvgIpc) is 2.88. The van der Waals surface area contributed by atoms with Crippen molar-refractivity contribution in [2.24, 2.45) is 5.92 Å². The number of rotatable bonds is 1. The van der Waals surface area contributed by atoms with Crippen LogP contribution < -0.4 is 9.47 Å². The minimum Gasteiger partial charge on any atom is -0.482 e. The SMILES string of the molecule is CN1CC[C@]23c4c5ccc(OC(F)(F)F)c4O[C@H]2[C@@H](O)C=C[C@H]3[C@H]1C5. The van der Waals surface area contributed by atoms with Crippen LogP contribution in [0.15, 0.2) is 24.3 Å². The molecule has 25 heavy (non-hydrogen) atoms. The van der Waals surface area contributed by atoms with E-state index < -0.39 is 24.0 Å². The maximum atomic E-state index is 12.8. The van der Waals surface area contributed by atoms with Crippen molar-refractivity contribution >= 4 is 0 Å². The third-order valence-corrected chi connectivity index (χ3v) is 6.36. The van der Waals surface area contributed by atoms with Crippen molar-refractivity contribution in [3.8, 4) is 11.5 Å². The van der Waals surface area contributed by atoms with Gasteiger partial charge in [0.15, 0.2) is 11.5 Å². The van der Waals surface area contributed by atoms with Gasteiger partial charge in [0.05, 0.1) is 0 Å². The summed E-state index contributed by atoms with van der Waals surface area (Å²) in [6, 6.07) is 3.32. The third kappa shape index (κ3) is 1.91. The van der Waals surface area contributed by atoms with Gasteiger partial charge in [0.2, 0.25) is 0 Å². The standard InChI is InChI=1S/C18H18F3NO3/c1-22-7-6-17-10-3-4-12(23)16(17)24-15-13(25-18(19,20)21)5-2-9(14(15)17)8-11(10)22/h2-5,10-12,16,23H,6-8H2,1H3/t10-,11+,12-,16-,17-/m0/s1. The lowest BCUT2D eigenvalue weighted by molar-refractivity contribution is -0.275. The summed E-state index contributed by atoms with van der Waals surface area (Å²) in [5.41, 5.74) is 1.35. The topological polar surface area (TPSA) is 41.9 Å². The molecule has 2 heterocycles. The predicted octanol–water partition coefficient (Wildman–Crippen LogP) is 2.39. The highest BCUT2D eigenvalue weighted by molar-refractivity contribution is 5.62. The van der Waals surface area contributed by atoms with Crippen molar-refractivity contribution in [3.05, 3.63) is 35.4 Å². The van der Waals surface area contributed by atoms with Gasteiger partial charge in [-0.3, -0.25) is 0 Å². The van der Waals surface area contributed by atoms with Crippen LogP contribution in [-0.2, 0) is 11.8 Å². The van der Waals surface area contributed by atoms with Gasteiger partial charge in [-0.05, 0) is 38.1 Å². The van der Waals surface area contributed by atoms with Crippen LogP contribution in [0, 0.1) is 5.92 Å². The molecular weight excluding hydrogens is 335 g/mol. The van der Waals surface area contributed by atoms with E-state index in [-0.39, 0.29) is 23.5 Å². The summed E-state index contributed by atoms with van der Waals surface area (Å²) in [6.45, 7) is 0.824. The highest BCUT2D eigenvalue weighted by Crippen LogP contribution is 2.62. The maximum absolute atomic E-state index is 12.8. The number of piperidine rings is 1. The summed E-state index contributed by atoms with van der Waals surface area (Å²) in [5, 5.41) is 10.5. The number of aliphatic hydroxyl groups is 1. The molecule has 1 saturated heterocycles. The Morgan fingerprint density at radius 2 is 2.12 bits per heavy atom. The van der Waals surface area contributed by atoms with Crippen molar-refractivity contribution in [3.63, 3.8) is 0 Å². The van der Waals surface area contributed by atoms with Crippen molar-refractivity contribution in [1.82, 2.24) is 4.90 Å². The number of nitrogens with zero attached hydrogens (tertiary/aromatic N) is 1. The molecule has 0 amide bonds. The van der Waals surface area contributed by atoms with Gasteiger partial charge in [-0.1, -0.05) is 18.2 Å². The van der Waals surface area contributed by atoms with Crippen LogP contribution in [0.1, 0.15) is 17.5 Å². The summed E-state index contributed by atoms with van der Waals surface area (Å²) < 4.78 is 48.6. The van der Waals surface area contributed by atoms with Gasteiger partial charge in [0, 0.05) is 22.9 Å². The molecule has 2 bridgehead atoms. The second-order valence-corrected chi connectivity index (χ2v) is 7.46. The number of alkyl halides is 3. The predicted molar refractivity (Wildman–Crippen MR) is 82.6 cm³/mol. The Morgan fingerprint density at radius 1 is 1.32 bits per heavy atom. The summed E-state index contributed by atoms with van der Waals surface area (Å²) >= 11 is 0. The zero-order valence-electron chi connectivity index (χ0n) is 13.6. The number of hydrogen-bond donors (Lipinski definition) is 1. The van der Waals surface area contributed by atoms with E-state index in [1.165, 1.54) is 6.07 Å². The molecule has 2 aliphatic carbocycles. The van der Waals surface area contributed by atoms with Crippen LogP contribution in [0.2, 0.25) is 0 Å². The molecule has 1 N–H and O–H groups in total. The summed E-state index contributed by atoms with van der Waals surface area (Å²) in [6.07, 6.45) is -0.927. The molecule has 0 radical (unpaired) electrons. The highest BCUT2D eigenvalue weighted by Gasteiger charge is 2.64. The molecule has 5 rings (SSSR count). The summed E-state index contributed by atoms with van der Waals surface area (Å²) in [4.78, 5) is 2.30. The van der Waals surface area contributed by atoms with Crippen molar-refractivity contribution in [1.29, 1.82) is 0 Å². The maximum Gasteiger partial charge on any atom is 0.573 e. The fourth-order valence-corrected chi connectivity index (χ4v) is 5.43. The average molecular weight is 353 g/mol. The van der Waals surface area contributed by atoms with Gasteiger partial charge in [0.25, 0.3) is 0 Å². The van der Waals surface area contributed by atoms with E-state index in [1.54, 1.807) is 12.1 Å². The molecule has 0 unspecified atom stereocenters.